The normalized spacial score (nSPS) is 27.6. The third kappa shape index (κ3) is 2.54. The molecule has 6 heteroatoms. The van der Waals surface area contributed by atoms with E-state index in [1.54, 1.807) is 12.4 Å². The molecule has 1 N–H and O–H groups in total. The van der Waals surface area contributed by atoms with Crippen LogP contribution in [0.3, 0.4) is 0 Å². The molecule has 3 aromatic rings. The van der Waals surface area contributed by atoms with E-state index in [1.165, 1.54) is 0 Å². The second-order valence-electron chi connectivity index (χ2n) is 6.68. The smallest absolute Gasteiger partial charge is 0.140 e. The van der Waals surface area contributed by atoms with E-state index in [2.05, 4.69) is 38.8 Å². The number of aromatic nitrogens is 3. The summed E-state index contributed by atoms with van der Waals surface area (Å²) in [5.74, 6) is 0.872. The number of pyridine rings is 1. The average molecular weight is 349 g/mol. The highest BCUT2D eigenvalue weighted by molar-refractivity contribution is 5.65. The molecule has 4 heterocycles. The molecule has 2 fully saturated rings. The monoisotopic (exact) mass is 349 g/mol. The molecule has 5 rings (SSSR count). The van der Waals surface area contributed by atoms with Gasteiger partial charge in [0.15, 0.2) is 0 Å². The zero-order chi connectivity index (χ0) is 17.5. The van der Waals surface area contributed by atoms with Crippen molar-refractivity contribution in [3.8, 4) is 22.6 Å². The number of aliphatic hydroxyl groups excluding tert-OH is 1. The van der Waals surface area contributed by atoms with Gasteiger partial charge in [0.05, 0.1) is 24.9 Å². The molecule has 2 aromatic heterocycles. The summed E-state index contributed by atoms with van der Waals surface area (Å²) in [6.07, 6.45) is 4.61. The quantitative estimate of drug-likeness (QED) is 0.786. The van der Waals surface area contributed by atoms with Crippen LogP contribution in [0.15, 0.2) is 61.1 Å². The van der Waals surface area contributed by atoms with Crippen LogP contribution in [-0.4, -0.2) is 51.2 Å². The molecular weight excluding hydrogens is 330 g/mol. The Morgan fingerprint density at radius 2 is 1.69 bits per heavy atom. The fraction of sp³-hybridized carbons (Fsp3) is 0.300. The summed E-state index contributed by atoms with van der Waals surface area (Å²) in [5.41, 5.74) is 3.04. The highest BCUT2D eigenvalue weighted by atomic mass is 16.6. The van der Waals surface area contributed by atoms with E-state index in [-0.39, 0.29) is 18.2 Å². The third-order valence-corrected chi connectivity index (χ3v) is 5.13. The average Bonchev–Trinajstić information content (AvgIpc) is 3.40. The second-order valence-corrected chi connectivity index (χ2v) is 6.68. The molecule has 26 heavy (non-hydrogen) atoms. The van der Waals surface area contributed by atoms with Crippen LogP contribution >= 0.6 is 0 Å². The minimum atomic E-state index is -0.547. The van der Waals surface area contributed by atoms with Gasteiger partial charge in [0.1, 0.15) is 24.1 Å². The van der Waals surface area contributed by atoms with E-state index in [0.29, 0.717) is 13.2 Å². The van der Waals surface area contributed by atoms with Crippen molar-refractivity contribution < 1.29 is 14.6 Å². The first-order chi connectivity index (χ1) is 12.8. The van der Waals surface area contributed by atoms with Crippen molar-refractivity contribution in [3.05, 3.63) is 61.1 Å². The van der Waals surface area contributed by atoms with Gasteiger partial charge in [-0.15, -0.1) is 0 Å². The Hall–Kier alpha value is -2.54. The number of hydrogen-bond acceptors (Lipinski definition) is 5. The van der Waals surface area contributed by atoms with Gasteiger partial charge >= 0.3 is 0 Å². The molecule has 2 aliphatic rings. The maximum absolute atomic E-state index is 9.96. The number of imidazole rings is 1. The molecule has 4 atom stereocenters. The summed E-state index contributed by atoms with van der Waals surface area (Å²) in [5, 5.41) is 9.96. The predicted octanol–water partition coefficient (Wildman–Crippen LogP) is 2.31. The van der Waals surface area contributed by atoms with Crippen molar-refractivity contribution in [3.63, 3.8) is 0 Å². The number of benzene rings is 1. The standard InChI is InChI=1S/C20H19N3O3/c24-17-12-26-18-16(11-25-19(17)18)23-10-9-22-20(23)14-6-4-13(5-7-14)15-3-1-2-8-21-15/h1-10,16-19,24H,11-12H2/t16-,17-,18-,19-/m1/s1. The maximum atomic E-state index is 9.96. The summed E-state index contributed by atoms with van der Waals surface area (Å²) in [6.45, 7) is 0.844. The number of fused-ring (bicyclic) bond motifs is 1. The molecule has 0 amide bonds. The van der Waals surface area contributed by atoms with E-state index in [0.717, 1.165) is 22.6 Å². The van der Waals surface area contributed by atoms with Gasteiger partial charge in [-0.1, -0.05) is 30.3 Å². The summed E-state index contributed by atoms with van der Waals surface area (Å²) in [4.78, 5) is 8.93. The lowest BCUT2D eigenvalue weighted by atomic mass is 10.1. The van der Waals surface area contributed by atoms with Crippen LogP contribution in [0.5, 0.6) is 0 Å². The number of ether oxygens (including phenoxy) is 2. The van der Waals surface area contributed by atoms with Crippen LogP contribution in [0, 0.1) is 0 Å². The van der Waals surface area contributed by atoms with Gasteiger partial charge in [-0.05, 0) is 12.1 Å². The number of hydrogen-bond donors (Lipinski definition) is 1. The zero-order valence-corrected chi connectivity index (χ0v) is 14.1. The summed E-state index contributed by atoms with van der Waals surface area (Å²) in [6, 6.07) is 14.1. The SMILES string of the molecule is O[C@@H]1CO[C@H]2[C@@H]1OC[C@H]2n1ccnc1-c1ccc(-c2ccccn2)cc1. The Labute approximate surface area is 151 Å². The molecular formula is C20H19N3O3. The Kier molecular flexibility index (Phi) is 3.81. The van der Waals surface area contributed by atoms with Gasteiger partial charge in [-0.25, -0.2) is 4.98 Å². The largest absolute Gasteiger partial charge is 0.388 e. The topological polar surface area (TPSA) is 69.4 Å². The summed E-state index contributed by atoms with van der Waals surface area (Å²) >= 11 is 0. The second kappa shape index (κ2) is 6.32. The minimum Gasteiger partial charge on any atom is -0.388 e. The van der Waals surface area contributed by atoms with Crippen molar-refractivity contribution in [1.29, 1.82) is 0 Å². The van der Waals surface area contributed by atoms with E-state index in [1.807, 2.05) is 24.4 Å². The molecule has 0 spiro atoms. The molecule has 0 bridgehead atoms. The first kappa shape index (κ1) is 15.7. The molecule has 6 nitrogen and oxygen atoms in total. The van der Waals surface area contributed by atoms with E-state index in [9.17, 15) is 5.11 Å². The molecule has 0 saturated carbocycles. The van der Waals surface area contributed by atoms with Gasteiger partial charge in [0, 0.05) is 29.7 Å². The Morgan fingerprint density at radius 1 is 0.885 bits per heavy atom. The van der Waals surface area contributed by atoms with Crippen LogP contribution in [-0.2, 0) is 9.47 Å². The summed E-state index contributed by atoms with van der Waals surface area (Å²) < 4.78 is 13.6. The molecule has 0 unspecified atom stereocenters. The van der Waals surface area contributed by atoms with Crippen molar-refractivity contribution >= 4 is 0 Å². The Balaban J connectivity index is 1.45. The molecule has 2 saturated heterocycles. The maximum Gasteiger partial charge on any atom is 0.140 e. The predicted molar refractivity (Wildman–Crippen MR) is 95.4 cm³/mol. The molecule has 1 aromatic carbocycles. The van der Waals surface area contributed by atoms with Gasteiger partial charge in [0.2, 0.25) is 0 Å². The lowest BCUT2D eigenvalue weighted by Gasteiger charge is -2.19. The fourth-order valence-electron chi connectivity index (χ4n) is 3.83. The number of rotatable bonds is 3. The van der Waals surface area contributed by atoms with Crippen molar-refractivity contribution in [2.24, 2.45) is 0 Å². The first-order valence-corrected chi connectivity index (χ1v) is 8.77. The third-order valence-electron chi connectivity index (χ3n) is 5.13. The molecule has 132 valence electrons. The van der Waals surface area contributed by atoms with E-state index < -0.39 is 6.10 Å². The van der Waals surface area contributed by atoms with Gasteiger partial charge < -0.3 is 19.1 Å². The number of nitrogens with zero attached hydrogens (tertiary/aromatic N) is 3. The molecule has 0 aliphatic carbocycles. The van der Waals surface area contributed by atoms with Crippen molar-refractivity contribution in [1.82, 2.24) is 14.5 Å². The van der Waals surface area contributed by atoms with Crippen molar-refractivity contribution in [2.75, 3.05) is 13.2 Å². The lowest BCUT2D eigenvalue weighted by Crippen LogP contribution is -2.30. The van der Waals surface area contributed by atoms with Crippen LogP contribution < -0.4 is 0 Å². The van der Waals surface area contributed by atoms with Crippen LogP contribution in [0.1, 0.15) is 6.04 Å². The molecule has 0 radical (unpaired) electrons. The zero-order valence-electron chi connectivity index (χ0n) is 14.1. The summed E-state index contributed by atoms with van der Waals surface area (Å²) in [7, 11) is 0. The Morgan fingerprint density at radius 3 is 2.50 bits per heavy atom. The van der Waals surface area contributed by atoms with E-state index in [4.69, 9.17) is 9.47 Å². The van der Waals surface area contributed by atoms with Crippen LogP contribution in [0.4, 0.5) is 0 Å². The van der Waals surface area contributed by atoms with Crippen LogP contribution in [0.25, 0.3) is 22.6 Å². The Bertz CT molecular complexity index is 894. The van der Waals surface area contributed by atoms with Gasteiger partial charge in [0.25, 0.3) is 0 Å². The minimum absolute atomic E-state index is 0.0186. The highest BCUT2D eigenvalue weighted by Crippen LogP contribution is 2.36. The first-order valence-electron chi connectivity index (χ1n) is 8.77. The van der Waals surface area contributed by atoms with Crippen LogP contribution in [0.2, 0.25) is 0 Å². The van der Waals surface area contributed by atoms with E-state index >= 15 is 0 Å². The van der Waals surface area contributed by atoms with Gasteiger partial charge in [-0.2, -0.15) is 0 Å². The van der Waals surface area contributed by atoms with Gasteiger partial charge in [-0.3, -0.25) is 4.98 Å². The highest BCUT2D eigenvalue weighted by Gasteiger charge is 2.48. The fourth-order valence-corrected chi connectivity index (χ4v) is 3.83. The lowest BCUT2D eigenvalue weighted by molar-refractivity contribution is 0.0172. The number of aliphatic hydroxyl groups is 1. The van der Waals surface area contributed by atoms with Crippen molar-refractivity contribution in [2.45, 2.75) is 24.4 Å². The molecule has 2 aliphatic heterocycles.